The van der Waals surface area contributed by atoms with E-state index in [1.54, 1.807) is 5.32 Å². The predicted octanol–water partition coefficient (Wildman–Crippen LogP) is 3.80. The molecule has 0 spiro atoms. The molecule has 0 radical (unpaired) electrons. The lowest BCUT2D eigenvalue weighted by Crippen LogP contribution is -2.43. The minimum absolute atomic E-state index is 0.145. The minimum Gasteiger partial charge on any atom is -0.340 e. The number of nitrogens with one attached hydrogen (secondary N) is 1. The Morgan fingerprint density at radius 1 is 1.17 bits per heavy atom. The summed E-state index contributed by atoms with van der Waals surface area (Å²) < 4.78 is 79.2. The number of carbonyl (C=O) groups is 1. The number of aromatic nitrogens is 4. The van der Waals surface area contributed by atoms with Gasteiger partial charge in [0.05, 0.1) is 17.5 Å². The first-order valence-corrected chi connectivity index (χ1v) is 8.14. The third-order valence-electron chi connectivity index (χ3n) is 4.14. The molecule has 1 amide bonds. The van der Waals surface area contributed by atoms with Crippen molar-refractivity contribution < 1.29 is 31.1 Å². The number of hydrogen-bond acceptors (Lipinski definition) is 4. The van der Waals surface area contributed by atoms with Gasteiger partial charge in [0.1, 0.15) is 11.6 Å². The largest absolute Gasteiger partial charge is 0.417 e. The number of fused-ring (bicyclic) bond motifs is 1. The number of alkyl halides is 6. The zero-order valence-corrected chi connectivity index (χ0v) is 14.9. The second-order valence-electron chi connectivity index (χ2n) is 6.23. The highest BCUT2D eigenvalue weighted by molar-refractivity contribution is 6.00. The first kappa shape index (κ1) is 20.6. The summed E-state index contributed by atoms with van der Waals surface area (Å²) in [5, 5.41) is 5.67. The van der Waals surface area contributed by atoms with Crippen molar-refractivity contribution in [1.82, 2.24) is 24.9 Å². The van der Waals surface area contributed by atoms with Crippen LogP contribution in [0, 0.1) is 6.92 Å². The fraction of sp³-hybridized carbons (Fsp3) is 0.294. The van der Waals surface area contributed by atoms with Crippen LogP contribution in [-0.4, -0.2) is 37.7 Å². The van der Waals surface area contributed by atoms with Gasteiger partial charge in [-0.1, -0.05) is 0 Å². The van der Waals surface area contributed by atoms with Crippen molar-refractivity contribution in [3.63, 3.8) is 0 Å². The van der Waals surface area contributed by atoms with Gasteiger partial charge < -0.3 is 5.32 Å². The lowest BCUT2D eigenvalue weighted by molar-refractivity contribution is -0.149. The highest BCUT2D eigenvalue weighted by Crippen LogP contribution is 2.36. The Balaban J connectivity index is 2.11. The van der Waals surface area contributed by atoms with Gasteiger partial charge in [0.15, 0.2) is 5.65 Å². The molecule has 3 aromatic rings. The van der Waals surface area contributed by atoms with E-state index in [0.717, 1.165) is 36.1 Å². The lowest BCUT2D eigenvalue weighted by atomic mass is 10.1. The van der Waals surface area contributed by atoms with Crippen molar-refractivity contribution in [3.8, 4) is 11.3 Å². The summed E-state index contributed by atoms with van der Waals surface area (Å²) >= 11 is 0. The first-order valence-electron chi connectivity index (χ1n) is 8.14. The quantitative estimate of drug-likeness (QED) is 0.658. The number of rotatable bonds is 3. The van der Waals surface area contributed by atoms with Gasteiger partial charge in [-0.25, -0.2) is 9.50 Å². The average molecular weight is 417 g/mol. The third-order valence-corrected chi connectivity index (χ3v) is 4.14. The number of pyridine rings is 1. The third kappa shape index (κ3) is 4.00. The number of hydrogen-bond donors (Lipinski definition) is 1. The topological polar surface area (TPSA) is 72.2 Å². The van der Waals surface area contributed by atoms with Gasteiger partial charge in [-0.15, -0.1) is 0 Å². The van der Waals surface area contributed by atoms with E-state index >= 15 is 0 Å². The van der Waals surface area contributed by atoms with Crippen LogP contribution in [0.4, 0.5) is 26.3 Å². The summed E-state index contributed by atoms with van der Waals surface area (Å²) in [6, 6.07) is -0.0398. The molecule has 0 aliphatic carbocycles. The van der Waals surface area contributed by atoms with E-state index in [0.29, 0.717) is 5.69 Å². The van der Waals surface area contributed by atoms with E-state index in [9.17, 15) is 31.1 Å². The van der Waals surface area contributed by atoms with Crippen molar-refractivity contribution in [2.45, 2.75) is 32.2 Å². The Morgan fingerprint density at radius 3 is 2.48 bits per heavy atom. The maximum Gasteiger partial charge on any atom is 0.417 e. The molecule has 0 aliphatic rings. The number of amides is 1. The van der Waals surface area contributed by atoms with Crippen LogP contribution in [0.5, 0.6) is 0 Å². The van der Waals surface area contributed by atoms with E-state index in [1.807, 2.05) is 0 Å². The molecular weight excluding hydrogens is 404 g/mol. The van der Waals surface area contributed by atoms with Gasteiger partial charge in [-0.05, 0) is 26.0 Å². The lowest BCUT2D eigenvalue weighted by Gasteiger charge is -2.16. The molecule has 0 saturated carbocycles. The summed E-state index contributed by atoms with van der Waals surface area (Å²) in [7, 11) is 0. The van der Waals surface area contributed by atoms with E-state index < -0.39 is 29.9 Å². The molecule has 6 nitrogen and oxygen atoms in total. The smallest absolute Gasteiger partial charge is 0.340 e. The van der Waals surface area contributed by atoms with Crippen molar-refractivity contribution in [2.24, 2.45) is 0 Å². The van der Waals surface area contributed by atoms with Crippen LogP contribution in [0.2, 0.25) is 0 Å². The molecule has 154 valence electrons. The molecule has 29 heavy (non-hydrogen) atoms. The van der Waals surface area contributed by atoms with Crippen molar-refractivity contribution in [2.75, 3.05) is 0 Å². The minimum atomic E-state index is -4.68. The molecule has 0 aliphatic heterocycles. The van der Waals surface area contributed by atoms with E-state index in [1.165, 1.54) is 13.0 Å². The summed E-state index contributed by atoms with van der Waals surface area (Å²) in [4.78, 5) is 20.0. The van der Waals surface area contributed by atoms with Crippen LogP contribution >= 0.6 is 0 Å². The molecule has 0 aromatic carbocycles. The molecule has 3 rings (SSSR count). The SMILES string of the molecule is Cc1cc(-c2cnccc2C(F)(F)F)nc2c(C(=O)NC(C)C(F)(F)F)cnn12. The number of halogens is 6. The molecule has 12 heteroatoms. The summed E-state index contributed by atoms with van der Waals surface area (Å²) in [6.45, 7) is 2.27. The van der Waals surface area contributed by atoms with Gasteiger partial charge in [0.2, 0.25) is 0 Å². The normalized spacial score (nSPS) is 13.5. The van der Waals surface area contributed by atoms with Crippen LogP contribution in [0.25, 0.3) is 16.9 Å². The Bertz CT molecular complexity index is 1070. The fourth-order valence-corrected chi connectivity index (χ4v) is 2.61. The molecule has 0 bridgehead atoms. The predicted molar refractivity (Wildman–Crippen MR) is 88.9 cm³/mol. The fourth-order valence-electron chi connectivity index (χ4n) is 2.61. The monoisotopic (exact) mass is 417 g/mol. The van der Waals surface area contributed by atoms with Crippen LogP contribution in [-0.2, 0) is 6.18 Å². The molecule has 0 saturated heterocycles. The number of carbonyl (C=O) groups excluding carboxylic acids is 1. The zero-order valence-electron chi connectivity index (χ0n) is 14.9. The highest BCUT2D eigenvalue weighted by atomic mass is 19.4. The highest BCUT2D eigenvalue weighted by Gasteiger charge is 2.38. The Labute approximate surface area is 159 Å². The molecule has 1 unspecified atom stereocenters. The van der Waals surface area contributed by atoms with Gasteiger partial charge in [-0.3, -0.25) is 9.78 Å². The second-order valence-corrected chi connectivity index (χ2v) is 6.23. The molecule has 3 heterocycles. The van der Waals surface area contributed by atoms with Crippen molar-refractivity contribution >= 4 is 11.6 Å². The zero-order chi connectivity index (χ0) is 21.6. The van der Waals surface area contributed by atoms with Crippen LogP contribution in [0.15, 0.2) is 30.7 Å². The maximum atomic E-state index is 13.3. The maximum absolute atomic E-state index is 13.3. The first-order chi connectivity index (χ1) is 13.4. The van der Waals surface area contributed by atoms with Crippen LogP contribution in [0.1, 0.15) is 28.5 Å². The molecule has 3 aromatic heterocycles. The van der Waals surface area contributed by atoms with Crippen LogP contribution < -0.4 is 5.32 Å². The molecule has 1 N–H and O–H groups in total. The number of nitrogens with zero attached hydrogens (tertiary/aromatic N) is 4. The van der Waals surface area contributed by atoms with Crippen molar-refractivity contribution in [3.05, 3.63) is 47.5 Å². The Hall–Kier alpha value is -3.18. The van der Waals surface area contributed by atoms with E-state index in [4.69, 9.17) is 0 Å². The van der Waals surface area contributed by atoms with E-state index in [2.05, 4.69) is 15.1 Å². The van der Waals surface area contributed by atoms with Gasteiger partial charge >= 0.3 is 12.4 Å². The second kappa shape index (κ2) is 7.01. The molecule has 1 atom stereocenters. The van der Waals surface area contributed by atoms with Gasteiger partial charge in [0.25, 0.3) is 5.91 Å². The Morgan fingerprint density at radius 2 is 1.86 bits per heavy atom. The van der Waals surface area contributed by atoms with Gasteiger partial charge in [-0.2, -0.15) is 31.4 Å². The van der Waals surface area contributed by atoms with E-state index in [-0.39, 0.29) is 22.5 Å². The summed E-state index contributed by atoms with van der Waals surface area (Å²) in [5.41, 5.74) is -1.62. The van der Waals surface area contributed by atoms with Crippen LogP contribution in [0.3, 0.4) is 0 Å². The summed E-state index contributed by atoms with van der Waals surface area (Å²) in [5.74, 6) is -1.10. The number of aryl methyl sites for hydroxylation is 1. The van der Waals surface area contributed by atoms with Gasteiger partial charge in [0, 0.05) is 23.7 Å². The Kier molecular flexibility index (Phi) is 4.97. The molecular formula is C17H13F6N5O. The molecule has 0 fully saturated rings. The standard InChI is InChI=1S/C17H13F6N5O/c1-8-5-13(10-6-24-4-3-12(10)17(21,22)23)27-14-11(7-25-28(8)14)15(29)26-9(2)16(18,19)20/h3-7,9H,1-2H3,(H,26,29). The summed E-state index contributed by atoms with van der Waals surface area (Å²) in [6.07, 6.45) is -6.38. The van der Waals surface area contributed by atoms with Crippen molar-refractivity contribution in [1.29, 1.82) is 0 Å². The average Bonchev–Trinajstić information content (AvgIpc) is 3.04.